The number of hydrogen-bond donors (Lipinski definition) is 0. The molecule has 0 bridgehead atoms. The van der Waals surface area contributed by atoms with Crippen LogP contribution in [-0.4, -0.2) is 99.4 Å². The number of benzene rings is 3. The molecule has 3 aromatic carbocycles. The van der Waals surface area contributed by atoms with Crippen LogP contribution in [0.25, 0.3) is 0 Å². The van der Waals surface area contributed by atoms with Crippen molar-refractivity contribution in [2.75, 3.05) is 20.3 Å². The van der Waals surface area contributed by atoms with Gasteiger partial charge in [-0.15, -0.1) is 0 Å². The van der Waals surface area contributed by atoms with Gasteiger partial charge in [-0.25, -0.2) is 14.4 Å². The van der Waals surface area contributed by atoms with Crippen molar-refractivity contribution in [2.24, 2.45) is 0 Å². The van der Waals surface area contributed by atoms with Crippen molar-refractivity contribution >= 4 is 29.8 Å². The highest BCUT2D eigenvalue weighted by atomic mass is 16.8. The van der Waals surface area contributed by atoms with Gasteiger partial charge < -0.3 is 42.6 Å². The van der Waals surface area contributed by atoms with Crippen molar-refractivity contribution < 1.29 is 66.6 Å². The fraction of sp³-hybridized carbons (Fsp3) is 0.361. The Labute approximate surface area is 287 Å². The Bertz CT molecular complexity index is 1620. The minimum atomic E-state index is -1.51. The molecule has 14 nitrogen and oxygen atoms in total. The van der Waals surface area contributed by atoms with E-state index in [4.69, 9.17) is 42.6 Å². The van der Waals surface area contributed by atoms with Gasteiger partial charge in [-0.1, -0.05) is 54.6 Å². The first-order valence-electron chi connectivity index (χ1n) is 15.7. The van der Waals surface area contributed by atoms with Crippen LogP contribution in [0.5, 0.6) is 0 Å². The number of carbonyl (C=O) groups excluding carboxylic acids is 5. The molecule has 8 atom stereocenters. The van der Waals surface area contributed by atoms with E-state index in [1.165, 1.54) is 31.4 Å². The van der Waals surface area contributed by atoms with Gasteiger partial charge in [0.2, 0.25) is 0 Å². The smallest absolute Gasteiger partial charge is 0.338 e. The van der Waals surface area contributed by atoms with E-state index < -0.39 is 85.7 Å². The highest BCUT2D eigenvalue weighted by Crippen LogP contribution is 2.33. The van der Waals surface area contributed by atoms with E-state index in [9.17, 15) is 24.0 Å². The third-order valence-corrected chi connectivity index (χ3v) is 7.69. The van der Waals surface area contributed by atoms with Gasteiger partial charge in [-0.2, -0.15) is 0 Å². The van der Waals surface area contributed by atoms with Crippen molar-refractivity contribution in [3.05, 3.63) is 108 Å². The lowest BCUT2D eigenvalue weighted by Gasteiger charge is -2.41. The molecule has 5 rings (SSSR count). The minimum absolute atomic E-state index is 0.176. The second-order valence-corrected chi connectivity index (χ2v) is 11.2. The average Bonchev–Trinajstić information content (AvgIpc) is 3.43. The summed E-state index contributed by atoms with van der Waals surface area (Å²) in [7, 11) is 1.32. The largest absolute Gasteiger partial charge is 0.459 e. The van der Waals surface area contributed by atoms with Gasteiger partial charge in [-0.3, -0.25) is 9.59 Å². The summed E-state index contributed by atoms with van der Waals surface area (Å²) >= 11 is 0. The lowest BCUT2D eigenvalue weighted by atomic mass is 10.0. The van der Waals surface area contributed by atoms with Crippen LogP contribution in [-0.2, 0) is 52.2 Å². The summed E-state index contributed by atoms with van der Waals surface area (Å²) in [6.07, 6.45) is -10.4. The summed E-state index contributed by atoms with van der Waals surface area (Å²) < 4.78 is 51.8. The molecule has 2 saturated heterocycles. The Morgan fingerprint density at radius 1 is 0.600 bits per heavy atom. The van der Waals surface area contributed by atoms with Crippen LogP contribution in [0.1, 0.15) is 44.9 Å². The zero-order chi connectivity index (χ0) is 35.6. The summed E-state index contributed by atoms with van der Waals surface area (Å²) in [4.78, 5) is 63.9. The van der Waals surface area contributed by atoms with Crippen LogP contribution >= 0.6 is 0 Å². The Balaban J connectivity index is 1.48. The first-order valence-corrected chi connectivity index (χ1v) is 15.7. The van der Waals surface area contributed by atoms with Crippen LogP contribution in [0, 0.1) is 0 Å². The van der Waals surface area contributed by atoms with E-state index >= 15 is 0 Å². The zero-order valence-corrected chi connectivity index (χ0v) is 27.4. The molecular formula is C36H36O14. The molecule has 0 amide bonds. The SMILES string of the molecule is CO[C@@H]1OC[C@H](O[C@@H]2O[C@H](COC(=O)c3ccccc3)[C@H](OC(=O)c3ccccc3)[C@@H]2OC(=O)c2ccccc2)[C@@H](OC(C)=O)[C@@H]1OC(C)=O. The molecule has 0 N–H and O–H groups in total. The molecule has 0 aliphatic carbocycles. The predicted octanol–water partition coefficient (Wildman–Crippen LogP) is 3.27. The minimum Gasteiger partial charge on any atom is -0.459 e. The maximum atomic E-state index is 13.4. The lowest BCUT2D eigenvalue weighted by molar-refractivity contribution is -0.302. The highest BCUT2D eigenvalue weighted by Gasteiger charge is 2.54. The molecule has 3 aromatic rings. The molecule has 264 valence electrons. The molecule has 0 unspecified atom stereocenters. The second-order valence-electron chi connectivity index (χ2n) is 11.2. The van der Waals surface area contributed by atoms with Gasteiger partial charge in [0, 0.05) is 21.0 Å². The molecule has 2 aliphatic rings. The number of esters is 5. The maximum Gasteiger partial charge on any atom is 0.338 e. The van der Waals surface area contributed by atoms with E-state index in [-0.39, 0.29) is 23.3 Å². The number of ether oxygens (including phenoxy) is 9. The zero-order valence-electron chi connectivity index (χ0n) is 27.4. The third-order valence-electron chi connectivity index (χ3n) is 7.69. The summed E-state index contributed by atoms with van der Waals surface area (Å²) in [6, 6.07) is 24.3. The van der Waals surface area contributed by atoms with Gasteiger partial charge in [0.1, 0.15) is 18.8 Å². The molecule has 0 saturated carbocycles. The predicted molar refractivity (Wildman–Crippen MR) is 169 cm³/mol. The van der Waals surface area contributed by atoms with Crippen molar-refractivity contribution in [1.29, 1.82) is 0 Å². The molecule has 14 heteroatoms. The molecule has 0 aromatic heterocycles. The van der Waals surface area contributed by atoms with Crippen molar-refractivity contribution in [3.8, 4) is 0 Å². The summed E-state index contributed by atoms with van der Waals surface area (Å²) in [5.41, 5.74) is 0.626. The average molecular weight is 693 g/mol. The lowest BCUT2D eigenvalue weighted by Crippen LogP contribution is -2.58. The Morgan fingerprint density at radius 3 is 1.56 bits per heavy atom. The van der Waals surface area contributed by atoms with Gasteiger partial charge in [0.25, 0.3) is 0 Å². The van der Waals surface area contributed by atoms with Crippen molar-refractivity contribution in [3.63, 3.8) is 0 Å². The molecule has 0 radical (unpaired) electrons. The van der Waals surface area contributed by atoms with E-state index in [1.54, 1.807) is 66.7 Å². The van der Waals surface area contributed by atoms with Crippen LogP contribution in [0.2, 0.25) is 0 Å². The Hall–Kier alpha value is -5.15. The highest BCUT2D eigenvalue weighted by molar-refractivity contribution is 5.91. The fourth-order valence-corrected chi connectivity index (χ4v) is 5.44. The Kier molecular flexibility index (Phi) is 12.3. The van der Waals surface area contributed by atoms with E-state index in [2.05, 4.69) is 0 Å². The van der Waals surface area contributed by atoms with Gasteiger partial charge in [-0.05, 0) is 36.4 Å². The second kappa shape index (κ2) is 17.0. The number of hydrogen-bond acceptors (Lipinski definition) is 14. The molecule has 2 aliphatic heterocycles. The van der Waals surface area contributed by atoms with Crippen LogP contribution in [0.4, 0.5) is 0 Å². The van der Waals surface area contributed by atoms with E-state index in [0.717, 1.165) is 13.8 Å². The monoisotopic (exact) mass is 692 g/mol. The number of carbonyl (C=O) groups is 5. The van der Waals surface area contributed by atoms with Crippen molar-refractivity contribution in [2.45, 2.75) is 63.1 Å². The van der Waals surface area contributed by atoms with Gasteiger partial charge in [0.15, 0.2) is 37.0 Å². The van der Waals surface area contributed by atoms with Crippen LogP contribution in [0.3, 0.4) is 0 Å². The first kappa shape index (κ1) is 36.1. The first-order chi connectivity index (χ1) is 24.1. The van der Waals surface area contributed by atoms with Crippen LogP contribution in [0.15, 0.2) is 91.0 Å². The topological polar surface area (TPSA) is 168 Å². The van der Waals surface area contributed by atoms with Gasteiger partial charge >= 0.3 is 29.8 Å². The Morgan fingerprint density at radius 2 is 1.06 bits per heavy atom. The molecular weight excluding hydrogens is 656 g/mol. The quantitative estimate of drug-likeness (QED) is 0.200. The van der Waals surface area contributed by atoms with Crippen molar-refractivity contribution in [1.82, 2.24) is 0 Å². The normalized spacial score (nSPS) is 25.9. The van der Waals surface area contributed by atoms with E-state index in [1.807, 2.05) is 0 Å². The van der Waals surface area contributed by atoms with Crippen LogP contribution < -0.4 is 0 Å². The molecule has 50 heavy (non-hydrogen) atoms. The third kappa shape index (κ3) is 9.09. The standard InChI is InChI=1S/C36H36O14/c1-21(37)45-28-27(20-44-35(42-3)30(28)46-22(2)38)48-36-31(50-34(41)25-17-11-6-12-18-25)29(49-33(40)24-15-9-5-10-16-24)26(47-36)19-43-32(39)23-13-7-4-8-14-23/h4-18,26-31,35-36H,19-20H2,1-3H3/t26-,27+,28-,29+,30+,31+,35-,36+/m1/s1. The molecule has 2 fully saturated rings. The maximum absolute atomic E-state index is 13.4. The summed E-state index contributed by atoms with van der Waals surface area (Å²) in [5, 5.41) is 0. The van der Waals surface area contributed by atoms with Gasteiger partial charge in [0.05, 0.1) is 23.3 Å². The fourth-order valence-electron chi connectivity index (χ4n) is 5.44. The molecule has 2 heterocycles. The molecule has 0 spiro atoms. The number of rotatable bonds is 12. The number of methoxy groups -OCH3 is 1. The summed E-state index contributed by atoms with van der Waals surface area (Å²) in [5.74, 6) is -3.70. The van der Waals surface area contributed by atoms with E-state index in [0.29, 0.717) is 0 Å². The summed E-state index contributed by atoms with van der Waals surface area (Å²) in [6.45, 7) is 1.62.